The van der Waals surface area contributed by atoms with Gasteiger partial charge in [0.05, 0.1) is 23.1 Å². The summed E-state index contributed by atoms with van der Waals surface area (Å²) in [4.78, 5) is 12.5. The molecule has 5 aliphatic rings. The van der Waals surface area contributed by atoms with Crippen molar-refractivity contribution in [1.29, 1.82) is 0 Å². The van der Waals surface area contributed by atoms with Crippen molar-refractivity contribution in [1.82, 2.24) is 0 Å². The number of halogens is 1. The van der Waals surface area contributed by atoms with Crippen LogP contribution in [0.2, 0.25) is 0 Å². The molecule has 3 nitrogen and oxygen atoms in total. The lowest BCUT2D eigenvalue weighted by Crippen LogP contribution is -2.63. The number of ether oxygens (including phenoxy) is 1. The summed E-state index contributed by atoms with van der Waals surface area (Å²) in [6.07, 6.45) is 8.06. The van der Waals surface area contributed by atoms with Gasteiger partial charge in [-0.2, -0.15) is 0 Å². The van der Waals surface area contributed by atoms with Gasteiger partial charge in [-0.05, 0) is 62.7 Å². The molecule has 23 heavy (non-hydrogen) atoms. The molecule has 1 heterocycles. The van der Waals surface area contributed by atoms with Gasteiger partial charge in [-0.15, -0.1) is 0 Å². The monoisotopic (exact) mass is 382 g/mol. The first-order chi connectivity index (χ1) is 10.9. The Balaban J connectivity index is 1.56. The number of carbonyl (C=O) groups is 1. The molecule has 0 aromatic carbocycles. The van der Waals surface area contributed by atoms with E-state index in [0.29, 0.717) is 23.5 Å². The summed E-state index contributed by atoms with van der Waals surface area (Å²) in [6.45, 7) is 3.10. The van der Waals surface area contributed by atoms with Crippen molar-refractivity contribution in [3.8, 4) is 0 Å². The van der Waals surface area contributed by atoms with Crippen LogP contribution in [0.5, 0.6) is 0 Å². The summed E-state index contributed by atoms with van der Waals surface area (Å²) >= 11 is 4.11. The highest BCUT2D eigenvalue weighted by atomic mass is 79.9. The third-order valence-electron chi connectivity index (χ3n) is 8.68. The standard InChI is InChI=1S/C19H27BrO3/c1-17-6-5-14-12(13(17)2-3-15(17)22)8-16-19(20)9-11(21)4-7-18(14,19)10-23-16/h11-14,16,21H,2-10H2,1H3/t11-,12-,13-,14+,16+,17-,18-,19-/m0/s1. The van der Waals surface area contributed by atoms with Gasteiger partial charge in [0.15, 0.2) is 0 Å². The lowest BCUT2D eigenvalue weighted by Gasteiger charge is -2.61. The zero-order valence-electron chi connectivity index (χ0n) is 13.9. The molecule has 2 bridgehead atoms. The molecule has 5 fully saturated rings. The predicted octanol–water partition coefficient (Wildman–Crippen LogP) is 3.47. The zero-order valence-corrected chi connectivity index (χ0v) is 15.5. The smallest absolute Gasteiger partial charge is 0.139 e. The molecule has 0 radical (unpaired) electrons. The summed E-state index contributed by atoms with van der Waals surface area (Å²) in [6, 6.07) is 0. The van der Waals surface area contributed by atoms with E-state index in [9.17, 15) is 9.90 Å². The van der Waals surface area contributed by atoms with E-state index in [1.165, 1.54) is 6.42 Å². The quantitative estimate of drug-likeness (QED) is 0.652. The number of hydrogen-bond acceptors (Lipinski definition) is 3. The lowest BCUT2D eigenvalue weighted by molar-refractivity contribution is -0.136. The number of rotatable bonds is 0. The Hall–Kier alpha value is 0.0700. The molecular weight excluding hydrogens is 356 g/mol. The second kappa shape index (κ2) is 4.62. The Morgan fingerprint density at radius 3 is 2.87 bits per heavy atom. The van der Waals surface area contributed by atoms with Gasteiger partial charge in [0.1, 0.15) is 5.78 Å². The van der Waals surface area contributed by atoms with E-state index in [-0.39, 0.29) is 27.4 Å². The van der Waals surface area contributed by atoms with E-state index < -0.39 is 0 Å². The molecule has 0 aromatic heterocycles. The summed E-state index contributed by atoms with van der Waals surface area (Å²) < 4.78 is 6.29. The molecule has 0 amide bonds. The average molecular weight is 383 g/mol. The minimum atomic E-state index is -0.190. The van der Waals surface area contributed by atoms with Gasteiger partial charge in [-0.25, -0.2) is 0 Å². The van der Waals surface area contributed by atoms with Crippen LogP contribution in [0.15, 0.2) is 0 Å². The third-order valence-corrected chi connectivity index (χ3v) is 10.3. The minimum absolute atomic E-state index is 0.0326. The Morgan fingerprint density at radius 2 is 2.04 bits per heavy atom. The zero-order chi connectivity index (χ0) is 16.0. The molecule has 1 aliphatic heterocycles. The highest BCUT2D eigenvalue weighted by Gasteiger charge is 2.72. The number of aliphatic hydroxyl groups excluding tert-OH is 1. The van der Waals surface area contributed by atoms with Gasteiger partial charge >= 0.3 is 0 Å². The van der Waals surface area contributed by atoms with E-state index in [4.69, 9.17) is 4.74 Å². The predicted molar refractivity (Wildman–Crippen MR) is 90.4 cm³/mol. The number of hydrogen-bond donors (Lipinski definition) is 1. The van der Waals surface area contributed by atoms with Crippen molar-refractivity contribution < 1.29 is 14.6 Å². The maximum Gasteiger partial charge on any atom is 0.139 e. The van der Waals surface area contributed by atoms with Crippen molar-refractivity contribution in [2.75, 3.05) is 6.61 Å². The molecule has 4 saturated carbocycles. The second-order valence-electron chi connectivity index (χ2n) is 9.25. The van der Waals surface area contributed by atoms with Gasteiger partial charge in [-0.1, -0.05) is 22.9 Å². The van der Waals surface area contributed by atoms with E-state index in [0.717, 1.165) is 51.6 Å². The molecule has 1 saturated heterocycles. The Labute approximate surface area is 146 Å². The van der Waals surface area contributed by atoms with Gasteiger partial charge in [0.25, 0.3) is 0 Å². The Kier molecular flexibility index (Phi) is 3.08. The Morgan fingerprint density at radius 1 is 1.22 bits per heavy atom. The number of aliphatic hydroxyl groups is 1. The lowest BCUT2D eigenvalue weighted by atomic mass is 9.45. The van der Waals surface area contributed by atoms with Crippen LogP contribution >= 0.6 is 15.9 Å². The molecular formula is C19H27BrO3. The maximum atomic E-state index is 12.5. The molecule has 1 N–H and O–H groups in total. The molecule has 0 aromatic rings. The second-order valence-corrected chi connectivity index (χ2v) is 10.7. The first kappa shape index (κ1) is 15.3. The van der Waals surface area contributed by atoms with Gasteiger partial charge in [0.2, 0.25) is 0 Å². The molecule has 128 valence electrons. The molecule has 4 aliphatic carbocycles. The van der Waals surface area contributed by atoms with Crippen LogP contribution in [0.25, 0.3) is 0 Å². The SMILES string of the molecule is C[C@]12CC[C@@H]3[C@@H](C[C@H]4OC[C@@]35CC[C@H](O)C[C@]45Br)[C@@H]1CCC2=O. The summed E-state index contributed by atoms with van der Waals surface area (Å²) in [7, 11) is 0. The first-order valence-corrected chi connectivity index (χ1v) is 10.2. The van der Waals surface area contributed by atoms with Gasteiger partial charge < -0.3 is 9.84 Å². The van der Waals surface area contributed by atoms with Crippen LogP contribution in [0.1, 0.15) is 58.3 Å². The number of fused-ring (bicyclic) bond motifs is 3. The minimum Gasteiger partial charge on any atom is -0.393 e. The van der Waals surface area contributed by atoms with Crippen molar-refractivity contribution in [2.24, 2.45) is 28.6 Å². The van der Waals surface area contributed by atoms with Crippen LogP contribution in [-0.2, 0) is 9.53 Å². The molecule has 5 rings (SSSR count). The highest BCUT2D eigenvalue weighted by molar-refractivity contribution is 9.10. The fourth-order valence-corrected chi connectivity index (χ4v) is 8.78. The number of ketones is 1. The third kappa shape index (κ3) is 1.67. The van der Waals surface area contributed by atoms with Crippen molar-refractivity contribution in [3.05, 3.63) is 0 Å². The number of Topliss-reactive ketones (excluding diaryl/α,β-unsaturated/α-hetero) is 1. The Bertz CT molecular complexity index is 565. The van der Waals surface area contributed by atoms with Crippen LogP contribution in [-0.4, -0.2) is 34.0 Å². The molecule has 0 unspecified atom stereocenters. The molecule has 0 spiro atoms. The molecule has 8 atom stereocenters. The summed E-state index contributed by atoms with van der Waals surface area (Å²) in [5, 5.41) is 10.3. The number of carbonyl (C=O) groups excluding carboxylic acids is 1. The maximum absolute atomic E-state index is 12.5. The van der Waals surface area contributed by atoms with Crippen LogP contribution in [0, 0.1) is 28.6 Å². The first-order valence-electron chi connectivity index (χ1n) is 9.43. The van der Waals surface area contributed by atoms with E-state index in [1.54, 1.807) is 0 Å². The van der Waals surface area contributed by atoms with Crippen LogP contribution < -0.4 is 0 Å². The van der Waals surface area contributed by atoms with E-state index in [2.05, 4.69) is 22.9 Å². The normalized spacial score (nSPS) is 61.0. The van der Waals surface area contributed by atoms with Crippen LogP contribution in [0.4, 0.5) is 0 Å². The van der Waals surface area contributed by atoms with E-state index in [1.807, 2.05) is 0 Å². The average Bonchev–Trinajstić information content (AvgIpc) is 2.88. The van der Waals surface area contributed by atoms with Crippen molar-refractivity contribution >= 4 is 21.7 Å². The fourth-order valence-electron chi connectivity index (χ4n) is 7.48. The fraction of sp³-hybridized carbons (Fsp3) is 0.947. The summed E-state index contributed by atoms with van der Waals surface area (Å²) in [5.41, 5.74) is 0.129. The topological polar surface area (TPSA) is 46.5 Å². The summed E-state index contributed by atoms with van der Waals surface area (Å²) in [5.74, 6) is 2.39. The highest BCUT2D eigenvalue weighted by Crippen LogP contribution is 2.71. The van der Waals surface area contributed by atoms with Crippen molar-refractivity contribution in [2.45, 2.75) is 74.8 Å². The molecule has 4 heteroatoms. The largest absolute Gasteiger partial charge is 0.393 e. The van der Waals surface area contributed by atoms with E-state index >= 15 is 0 Å². The van der Waals surface area contributed by atoms with Gasteiger partial charge in [0, 0.05) is 17.3 Å². The van der Waals surface area contributed by atoms with Crippen LogP contribution in [0.3, 0.4) is 0 Å². The number of alkyl halides is 1. The van der Waals surface area contributed by atoms with Gasteiger partial charge in [-0.3, -0.25) is 4.79 Å². The van der Waals surface area contributed by atoms with Crippen molar-refractivity contribution in [3.63, 3.8) is 0 Å².